The van der Waals surface area contributed by atoms with Crippen molar-refractivity contribution < 1.29 is 14.3 Å². The molecular weight excluding hydrogens is 413 g/mol. The molecule has 0 saturated carbocycles. The van der Waals surface area contributed by atoms with Gasteiger partial charge in [0.1, 0.15) is 11.9 Å². The molecule has 6 nitrogen and oxygen atoms in total. The van der Waals surface area contributed by atoms with Gasteiger partial charge in [-0.1, -0.05) is 41.4 Å². The average Bonchev–Trinajstić information content (AvgIpc) is 2.74. The monoisotopic (exact) mass is 431 g/mol. The Morgan fingerprint density at radius 1 is 1.14 bits per heavy atom. The van der Waals surface area contributed by atoms with E-state index in [0.717, 1.165) is 23.6 Å². The molecule has 0 unspecified atom stereocenters. The zero-order valence-electron chi connectivity index (χ0n) is 15.6. The standard InChI is InChI=1S/C21H19Cl2N3O3/c22-15-5-6-19(18(23)11-15)28-13-20(27)26-9-7-16(8-10-26)29-21-17-4-2-1-3-14(17)12-24-25-21/h1-6,11-12,16H,7-10,13H2. The molecule has 1 saturated heterocycles. The number of benzene rings is 2. The van der Waals surface area contributed by atoms with Gasteiger partial charge in [0.15, 0.2) is 6.61 Å². The molecule has 1 aliphatic rings. The minimum absolute atomic E-state index is 0.00853. The molecular formula is C21H19Cl2N3O3. The van der Waals surface area contributed by atoms with Crippen LogP contribution in [0.5, 0.6) is 11.6 Å². The number of piperidine rings is 1. The van der Waals surface area contributed by atoms with Crippen molar-refractivity contribution in [1.29, 1.82) is 0 Å². The van der Waals surface area contributed by atoms with Crippen LogP contribution in [0.1, 0.15) is 12.8 Å². The van der Waals surface area contributed by atoms with Crippen LogP contribution in [0, 0.1) is 0 Å². The maximum absolute atomic E-state index is 12.5. The molecule has 1 amide bonds. The predicted octanol–water partition coefficient (Wildman–Crippen LogP) is 4.39. The van der Waals surface area contributed by atoms with Gasteiger partial charge in [-0.25, -0.2) is 0 Å². The van der Waals surface area contributed by atoms with Crippen LogP contribution >= 0.6 is 23.2 Å². The first-order valence-electron chi connectivity index (χ1n) is 9.33. The summed E-state index contributed by atoms with van der Waals surface area (Å²) < 4.78 is 11.6. The molecule has 0 radical (unpaired) electrons. The highest BCUT2D eigenvalue weighted by Gasteiger charge is 2.25. The van der Waals surface area contributed by atoms with Gasteiger partial charge in [0.25, 0.3) is 5.91 Å². The number of nitrogens with zero attached hydrogens (tertiary/aromatic N) is 3. The van der Waals surface area contributed by atoms with E-state index in [1.165, 1.54) is 0 Å². The summed E-state index contributed by atoms with van der Waals surface area (Å²) in [5, 5.41) is 11.0. The van der Waals surface area contributed by atoms with Gasteiger partial charge in [-0.2, -0.15) is 5.10 Å². The van der Waals surface area contributed by atoms with Crippen LogP contribution in [0.4, 0.5) is 0 Å². The normalized spacial score (nSPS) is 14.8. The molecule has 0 bridgehead atoms. The third-order valence-corrected chi connectivity index (χ3v) is 5.39. The molecule has 0 N–H and O–H groups in total. The number of likely N-dealkylation sites (tertiary alicyclic amines) is 1. The minimum atomic E-state index is -0.0839. The van der Waals surface area contributed by atoms with Crippen LogP contribution in [0.2, 0.25) is 10.0 Å². The number of ether oxygens (including phenoxy) is 2. The molecule has 2 aromatic carbocycles. The number of hydrogen-bond donors (Lipinski definition) is 0. The number of hydrogen-bond acceptors (Lipinski definition) is 5. The van der Waals surface area contributed by atoms with Crippen molar-refractivity contribution in [3.63, 3.8) is 0 Å². The summed E-state index contributed by atoms with van der Waals surface area (Å²) in [6.07, 6.45) is 3.15. The fraction of sp³-hybridized carbons (Fsp3) is 0.286. The molecule has 0 atom stereocenters. The van der Waals surface area contributed by atoms with Gasteiger partial charge in [0.2, 0.25) is 5.88 Å². The van der Waals surface area contributed by atoms with Crippen LogP contribution in [0.25, 0.3) is 10.8 Å². The van der Waals surface area contributed by atoms with Gasteiger partial charge in [-0.05, 0) is 24.3 Å². The minimum Gasteiger partial charge on any atom is -0.482 e. The van der Waals surface area contributed by atoms with Crippen LogP contribution in [-0.2, 0) is 4.79 Å². The zero-order valence-corrected chi connectivity index (χ0v) is 17.1. The van der Waals surface area contributed by atoms with E-state index in [0.29, 0.717) is 34.8 Å². The maximum Gasteiger partial charge on any atom is 0.260 e. The first-order valence-corrected chi connectivity index (χ1v) is 10.1. The molecule has 1 fully saturated rings. The number of rotatable bonds is 5. The predicted molar refractivity (Wildman–Crippen MR) is 112 cm³/mol. The fourth-order valence-electron chi connectivity index (χ4n) is 3.29. The number of carbonyl (C=O) groups excluding carboxylic acids is 1. The van der Waals surface area contributed by atoms with E-state index in [-0.39, 0.29) is 18.6 Å². The molecule has 2 heterocycles. The summed E-state index contributed by atoms with van der Waals surface area (Å²) in [4.78, 5) is 14.2. The van der Waals surface area contributed by atoms with Crippen molar-refractivity contribution in [3.8, 4) is 11.6 Å². The molecule has 0 aliphatic carbocycles. The van der Waals surface area contributed by atoms with Crippen molar-refractivity contribution in [3.05, 3.63) is 58.7 Å². The first-order chi connectivity index (χ1) is 14.1. The van der Waals surface area contributed by atoms with Crippen LogP contribution in [-0.4, -0.2) is 46.8 Å². The summed E-state index contributed by atoms with van der Waals surface area (Å²) >= 11 is 11.9. The second-order valence-electron chi connectivity index (χ2n) is 6.80. The first kappa shape index (κ1) is 19.7. The highest BCUT2D eigenvalue weighted by atomic mass is 35.5. The van der Waals surface area contributed by atoms with Crippen molar-refractivity contribution in [2.75, 3.05) is 19.7 Å². The van der Waals surface area contributed by atoms with E-state index >= 15 is 0 Å². The van der Waals surface area contributed by atoms with Gasteiger partial charge in [-0.3, -0.25) is 4.79 Å². The second kappa shape index (κ2) is 8.84. The largest absolute Gasteiger partial charge is 0.482 e. The number of aromatic nitrogens is 2. The van der Waals surface area contributed by atoms with E-state index in [1.54, 1.807) is 29.3 Å². The molecule has 8 heteroatoms. The third-order valence-electron chi connectivity index (χ3n) is 4.85. The topological polar surface area (TPSA) is 64.5 Å². The summed E-state index contributed by atoms with van der Waals surface area (Å²) in [7, 11) is 0. The van der Waals surface area contributed by atoms with E-state index in [4.69, 9.17) is 32.7 Å². The van der Waals surface area contributed by atoms with Crippen LogP contribution < -0.4 is 9.47 Å². The molecule has 3 aromatic rings. The van der Waals surface area contributed by atoms with Crippen molar-refractivity contribution in [2.24, 2.45) is 0 Å². The quantitative estimate of drug-likeness (QED) is 0.599. The average molecular weight is 432 g/mol. The Hall–Kier alpha value is -2.57. The summed E-state index contributed by atoms with van der Waals surface area (Å²) in [5.74, 6) is 0.894. The Morgan fingerprint density at radius 2 is 1.93 bits per heavy atom. The molecule has 150 valence electrons. The lowest BCUT2D eigenvalue weighted by Gasteiger charge is -2.32. The summed E-state index contributed by atoms with van der Waals surface area (Å²) in [6.45, 7) is 1.13. The van der Waals surface area contributed by atoms with Gasteiger partial charge in [0, 0.05) is 41.7 Å². The number of carbonyl (C=O) groups is 1. The van der Waals surface area contributed by atoms with Gasteiger partial charge in [0.05, 0.1) is 11.2 Å². The fourth-order valence-corrected chi connectivity index (χ4v) is 3.76. The van der Waals surface area contributed by atoms with E-state index in [9.17, 15) is 4.79 Å². The van der Waals surface area contributed by atoms with E-state index in [1.807, 2.05) is 24.3 Å². The highest BCUT2D eigenvalue weighted by Crippen LogP contribution is 2.28. The summed E-state index contributed by atoms with van der Waals surface area (Å²) in [6, 6.07) is 12.8. The Morgan fingerprint density at radius 3 is 2.72 bits per heavy atom. The lowest BCUT2D eigenvalue weighted by molar-refractivity contribution is -0.135. The number of halogens is 2. The smallest absolute Gasteiger partial charge is 0.260 e. The Kier molecular flexibility index (Phi) is 6.02. The molecule has 29 heavy (non-hydrogen) atoms. The lowest BCUT2D eigenvalue weighted by Crippen LogP contribution is -2.43. The number of fused-ring (bicyclic) bond motifs is 1. The van der Waals surface area contributed by atoms with E-state index in [2.05, 4.69) is 10.2 Å². The van der Waals surface area contributed by atoms with Crippen molar-refractivity contribution in [1.82, 2.24) is 15.1 Å². The maximum atomic E-state index is 12.5. The van der Waals surface area contributed by atoms with Crippen LogP contribution in [0.3, 0.4) is 0 Å². The Bertz CT molecular complexity index is 1020. The highest BCUT2D eigenvalue weighted by molar-refractivity contribution is 6.35. The SMILES string of the molecule is O=C(COc1ccc(Cl)cc1Cl)N1CCC(Oc2nncc3ccccc23)CC1. The van der Waals surface area contributed by atoms with Crippen molar-refractivity contribution in [2.45, 2.75) is 18.9 Å². The second-order valence-corrected chi connectivity index (χ2v) is 7.64. The molecule has 1 aliphatic heterocycles. The summed E-state index contributed by atoms with van der Waals surface area (Å²) in [5.41, 5.74) is 0. The molecule has 4 rings (SSSR count). The lowest BCUT2D eigenvalue weighted by atomic mass is 10.1. The van der Waals surface area contributed by atoms with Gasteiger partial charge >= 0.3 is 0 Å². The molecule has 0 spiro atoms. The van der Waals surface area contributed by atoms with Crippen LogP contribution in [0.15, 0.2) is 48.7 Å². The Labute approximate surface area is 178 Å². The third kappa shape index (κ3) is 4.71. The zero-order chi connectivity index (χ0) is 20.2. The Balaban J connectivity index is 1.30. The van der Waals surface area contributed by atoms with Crippen molar-refractivity contribution >= 4 is 39.9 Å². The van der Waals surface area contributed by atoms with Gasteiger partial charge in [-0.15, -0.1) is 5.10 Å². The van der Waals surface area contributed by atoms with E-state index < -0.39 is 0 Å². The molecule has 1 aromatic heterocycles. The van der Waals surface area contributed by atoms with Gasteiger partial charge < -0.3 is 14.4 Å². The number of amides is 1.